The molecule has 15 heavy (non-hydrogen) atoms. The number of hydrogen-bond acceptors (Lipinski definition) is 2. The van der Waals surface area contributed by atoms with Gasteiger partial charge in [-0.2, -0.15) is 0 Å². The van der Waals surface area contributed by atoms with E-state index in [1.165, 1.54) is 0 Å². The molecule has 1 saturated heterocycles. The number of aliphatic hydroxyl groups is 1. The van der Waals surface area contributed by atoms with Gasteiger partial charge in [-0.25, -0.2) is 0 Å². The molecule has 0 saturated carbocycles. The van der Waals surface area contributed by atoms with Crippen molar-refractivity contribution < 1.29 is 9.90 Å². The Morgan fingerprint density at radius 2 is 2.00 bits per heavy atom. The molecule has 1 rings (SSSR count). The second-order valence-corrected chi connectivity index (χ2v) is 11.0. The Morgan fingerprint density at radius 3 is 2.33 bits per heavy atom. The first-order valence-corrected chi connectivity index (χ1v) is 8.59. The molecule has 1 aliphatic rings. The lowest BCUT2D eigenvalue weighted by molar-refractivity contribution is -0.139. The molecule has 0 radical (unpaired) electrons. The minimum Gasteiger partial charge on any atom is -0.396 e. The van der Waals surface area contributed by atoms with E-state index in [2.05, 4.69) is 38.4 Å². The second kappa shape index (κ2) is 3.90. The summed E-state index contributed by atoms with van der Waals surface area (Å²) in [7, 11) is -1.71. The molecule has 0 bridgehead atoms. The van der Waals surface area contributed by atoms with Gasteiger partial charge in [-0.3, -0.25) is 4.79 Å². The fourth-order valence-corrected chi connectivity index (χ4v) is 4.56. The normalized spacial score (nSPS) is 22.9. The highest BCUT2D eigenvalue weighted by Crippen LogP contribution is 2.43. The van der Waals surface area contributed by atoms with Gasteiger partial charge in [-0.05, 0) is 11.5 Å². The Bertz CT molecular complexity index is 258. The molecule has 88 valence electrons. The van der Waals surface area contributed by atoms with Crippen LogP contribution in [0.1, 0.15) is 33.6 Å². The smallest absolute Gasteiger partial charge is 0.216 e. The first kappa shape index (κ1) is 12.7. The van der Waals surface area contributed by atoms with Gasteiger partial charge < -0.3 is 9.67 Å². The summed E-state index contributed by atoms with van der Waals surface area (Å²) in [4.78, 5) is 11.7. The Labute approximate surface area is 93.6 Å². The number of amides is 1. The number of aliphatic hydroxyl groups excluding tert-OH is 1. The molecule has 0 aliphatic carbocycles. The van der Waals surface area contributed by atoms with Crippen LogP contribution < -0.4 is 0 Å². The standard InChI is InChI=1S/C11H23NO2Si/c1-11(2,3)15(4,5)12-9(6-7-13)8-10(12)14/h9,13H,6-8H2,1-5H3/t9-/m1/s1. The van der Waals surface area contributed by atoms with Crippen molar-refractivity contribution in [3.8, 4) is 0 Å². The third kappa shape index (κ3) is 2.11. The highest BCUT2D eigenvalue weighted by Gasteiger charge is 2.51. The molecule has 1 N–H and O–H groups in total. The van der Waals surface area contributed by atoms with E-state index in [9.17, 15) is 4.79 Å². The molecule has 0 aromatic heterocycles. The molecular weight excluding hydrogens is 206 g/mol. The van der Waals surface area contributed by atoms with Crippen molar-refractivity contribution in [3.63, 3.8) is 0 Å². The van der Waals surface area contributed by atoms with Crippen molar-refractivity contribution in [1.29, 1.82) is 0 Å². The van der Waals surface area contributed by atoms with Gasteiger partial charge in [0.2, 0.25) is 5.91 Å². The summed E-state index contributed by atoms with van der Waals surface area (Å²) in [6.07, 6.45) is 1.37. The maximum Gasteiger partial charge on any atom is 0.216 e. The molecule has 1 aliphatic heterocycles. The van der Waals surface area contributed by atoms with Crippen molar-refractivity contribution in [2.45, 2.75) is 57.8 Å². The second-order valence-electron chi connectivity index (χ2n) is 5.94. The Hall–Kier alpha value is -0.353. The Kier molecular flexibility index (Phi) is 3.31. The van der Waals surface area contributed by atoms with Crippen LogP contribution in [0, 0.1) is 0 Å². The quantitative estimate of drug-likeness (QED) is 0.594. The molecule has 1 atom stereocenters. The van der Waals surface area contributed by atoms with Crippen LogP contribution in [0.4, 0.5) is 0 Å². The highest BCUT2D eigenvalue weighted by atomic mass is 28.3. The predicted octanol–water partition coefficient (Wildman–Crippen LogP) is 1.97. The van der Waals surface area contributed by atoms with Gasteiger partial charge in [-0.1, -0.05) is 33.9 Å². The van der Waals surface area contributed by atoms with E-state index in [4.69, 9.17) is 5.11 Å². The zero-order chi connectivity index (χ0) is 11.9. The number of β-lactam (4-membered cyclic amide) rings is 1. The maximum absolute atomic E-state index is 11.7. The minimum atomic E-state index is -1.71. The molecule has 1 heterocycles. The average Bonchev–Trinajstić information content (AvgIpc) is 2.00. The highest BCUT2D eigenvalue weighted by molar-refractivity contribution is 6.79. The number of hydrogen-bond donors (Lipinski definition) is 1. The minimum absolute atomic E-state index is 0.184. The van der Waals surface area contributed by atoms with Crippen LogP contribution in [0.2, 0.25) is 18.1 Å². The van der Waals surface area contributed by atoms with Gasteiger partial charge in [-0.15, -0.1) is 0 Å². The van der Waals surface area contributed by atoms with Crippen LogP contribution in [0.15, 0.2) is 0 Å². The van der Waals surface area contributed by atoms with Crippen LogP contribution in [0.25, 0.3) is 0 Å². The van der Waals surface area contributed by atoms with Gasteiger partial charge in [0.25, 0.3) is 0 Å². The molecule has 4 heteroatoms. The summed E-state index contributed by atoms with van der Waals surface area (Å²) in [6, 6.07) is 0.295. The molecule has 0 spiro atoms. The monoisotopic (exact) mass is 229 g/mol. The molecule has 1 fully saturated rings. The van der Waals surface area contributed by atoms with E-state index < -0.39 is 8.24 Å². The van der Waals surface area contributed by atoms with Crippen LogP contribution in [-0.4, -0.2) is 36.5 Å². The average molecular weight is 229 g/mol. The van der Waals surface area contributed by atoms with Gasteiger partial charge >= 0.3 is 0 Å². The summed E-state index contributed by atoms with van der Waals surface area (Å²) >= 11 is 0. The van der Waals surface area contributed by atoms with E-state index in [0.717, 1.165) is 6.42 Å². The third-order valence-electron chi connectivity index (χ3n) is 3.94. The predicted molar refractivity (Wildman–Crippen MR) is 64.2 cm³/mol. The van der Waals surface area contributed by atoms with E-state index in [-0.39, 0.29) is 17.6 Å². The zero-order valence-electron chi connectivity index (χ0n) is 10.5. The maximum atomic E-state index is 11.7. The van der Waals surface area contributed by atoms with E-state index in [0.29, 0.717) is 12.5 Å². The number of carbonyl (C=O) groups excluding carboxylic acids is 1. The molecule has 1 amide bonds. The fourth-order valence-electron chi connectivity index (χ4n) is 1.99. The number of rotatable bonds is 3. The summed E-state index contributed by atoms with van der Waals surface area (Å²) in [5.74, 6) is 0.278. The third-order valence-corrected chi connectivity index (χ3v) is 9.43. The largest absolute Gasteiger partial charge is 0.396 e. The lowest BCUT2D eigenvalue weighted by atomic mass is 10.0. The summed E-state index contributed by atoms with van der Waals surface area (Å²) < 4.78 is 2.09. The van der Waals surface area contributed by atoms with Crippen LogP contribution in [0.3, 0.4) is 0 Å². The fraction of sp³-hybridized carbons (Fsp3) is 0.909. The first-order valence-electron chi connectivity index (χ1n) is 5.65. The van der Waals surface area contributed by atoms with Crippen LogP contribution in [-0.2, 0) is 4.79 Å². The molecule has 0 aromatic rings. The van der Waals surface area contributed by atoms with Crippen molar-refractivity contribution in [2.24, 2.45) is 0 Å². The lowest BCUT2D eigenvalue weighted by Crippen LogP contribution is -2.68. The zero-order valence-corrected chi connectivity index (χ0v) is 11.5. The van der Waals surface area contributed by atoms with Gasteiger partial charge in [0, 0.05) is 19.1 Å². The van der Waals surface area contributed by atoms with Crippen molar-refractivity contribution in [1.82, 2.24) is 4.57 Å². The van der Waals surface area contributed by atoms with E-state index in [1.807, 2.05) is 0 Å². The van der Waals surface area contributed by atoms with Crippen molar-refractivity contribution in [3.05, 3.63) is 0 Å². The number of carbonyl (C=O) groups is 1. The molecule has 0 unspecified atom stereocenters. The first-order chi connectivity index (χ1) is 6.71. The van der Waals surface area contributed by atoms with Gasteiger partial charge in [0.1, 0.15) is 0 Å². The molecule has 3 nitrogen and oxygen atoms in total. The van der Waals surface area contributed by atoms with E-state index >= 15 is 0 Å². The number of nitrogens with zero attached hydrogens (tertiary/aromatic N) is 1. The van der Waals surface area contributed by atoms with Crippen LogP contribution in [0.5, 0.6) is 0 Å². The lowest BCUT2D eigenvalue weighted by Gasteiger charge is -2.55. The summed E-state index contributed by atoms with van der Waals surface area (Å²) in [5, 5.41) is 9.14. The van der Waals surface area contributed by atoms with E-state index in [1.54, 1.807) is 0 Å². The van der Waals surface area contributed by atoms with Crippen LogP contribution >= 0.6 is 0 Å². The summed E-state index contributed by atoms with van der Waals surface area (Å²) in [6.45, 7) is 11.3. The van der Waals surface area contributed by atoms with Gasteiger partial charge in [0.05, 0.1) is 0 Å². The summed E-state index contributed by atoms with van der Waals surface area (Å²) in [5.41, 5.74) is 0. The van der Waals surface area contributed by atoms with Crippen molar-refractivity contribution >= 4 is 14.1 Å². The van der Waals surface area contributed by atoms with Crippen molar-refractivity contribution in [2.75, 3.05) is 6.61 Å². The SMILES string of the molecule is CC(C)(C)[Si](C)(C)N1C(=O)C[C@H]1CCO. The Morgan fingerprint density at radius 1 is 1.47 bits per heavy atom. The Balaban J connectivity index is 2.81. The molecular formula is C11H23NO2Si. The molecule has 0 aromatic carbocycles. The topological polar surface area (TPSA) is 40.5 Å². The van der Waals surface area contributed by atoms with Gasteiger partial charge in [0.15, 0.2) is 8.24 Å².